The number of amides is 1. The van der Waals surface area contributed by atoms with Gasteiger partial charge in [0.05, 0.1) is 12.3 Å². The van der Waals surface area contributed by atoms with Crippen LogP contribution in [0, 0.1) is 5.92 Å². The summed E-state index contributed by atoms with van der Waals surface area (Å²) in [6.07, 6.45) is 0.357. The predicted octanol–water partition coefficient (Wildman–Crippen LogP) is 3.64. The van der Waals surface area contributed by atoms with Gasteiger partial charge in [-0.15, -0.1) is 0 Å². The summed E-state index contributed by atoms with van der Waals surface area (Å²) in [5.41, 5.74) is 8.90. The lowest BCUT2D eigenvalue weighted by atomic mass is 9.93. The largest absolute Gasteiger partial charge is 0.435 e. The molecule has 0 spiro atoms. The zero-order valence-electron chi connectivity index (χ0n) is 14.2. The Bertz CT molecular complexity index is 805. The topological polar surface area (TPSA) is 67.9 Å². The van der Waals surface area contributed by atoms with E-state index in [1.807, 2.05) is 19.1 Å². The Morgan fingerprint density at radius 2 is 1.85 bits per heavy atom. The van der Waals surface area contributed by atoms with Crippen molar-refractivity contribution in [1.82, 2.24) is 5.01 Å². The van der Waals surface area contributed by atoms with Crippen LogP contribution in [0.5, 0.6) is 5.75 Å². The number of rotatable bonds is 5. The lowest BCUT2D eigenvalue weighted by Crippen LogP contribution is -2.35. The third-order valence-corrected chi connectivity index (χ3v) is 4.15. The molecule has 0 saturated heterocycles. The number of nitrogens with two attached hydrogens (primary N) is 1. The molecule has 26 heavy (non-hydrogen) atoms. The molecule has 2 aromatic rings. The van der Waals surface area contributed by atoms with Crippen molar-refractivity contribution in [2.75, 3.05) is 5.73 Å². The van der Waals surface area contributed by atoms with Crippen LogP contribution < -0.4 is 10.5 Å². The summed E-state index contributed by atoms with van der Waals surface area (Å²) in [5, 5.41) is 5.93. The van der Waals surface area contributed by atoms with Gasteiger partial charge in [-0.2, -0.15) is 13.9 Å². The zero-order valence-corrected chi connectivity index (χ0v) is 14.2. The SMILES string of the molecule is CC1CC(=O)N(Cc2ccc(OC(F)F)cc2)N=C1c1ccc(N)cc1. The molecule has 1 aliphatic heterocycles. The normalized spacial score (nSPS) is 17.4. The summed E-state index contributed by atoms with van der Waals surface area (Å²) in [7, 11) is 0. The van der Waals surface area contributed by atoms with Gasteiger partial charge in [0, 0.05) is 18.0 Å². The van der Waals surface area contributed by atoms with Crippen LogP contribution in [0.2, 0.25) is 0 Å². The molecule has 1 atom stereocenters. The number of carbonyl (C=O) groups is 1. The van der Waals surface area contributed by atoms with Crippen molar-refractivity contribution < 1.29 is 18.3 Å². The van der Waals surface area contributed by atoms with Crippen molar-refractivity contribution in [2.24, 2.45) is 11.0 Å². The van der Waals surface area contributed by atoms with E-state index in [1.54, 1.807) is 24.3 Å². The summed E-state index contributed by atoms with van der Waals surface area (Å²) in [5.74, 6) is 0.00204. The first-order valence-electron chi connectivity index (χ1n) is 8.21. The Morgan fingerprint density at radius 1 is 1.19 bits per heavy atom. The lowest BCUT2D eigenvalue weighted by Gasteiger charge is -2.28. The highest BCUT2D eigenvalue weighted by atomic mass is 19.3. The minimum absolute atomic E-state index is 0.00388. The molecule has 5 nitrogen and oxygen atoms in total. The number of alkyl halides is 2. The van der Waals surface area contributed by atoms with E-state index in [1.165, 1.54) is 17.1 Å². The molecule has 2 N–H and O–H groups in total. The number of halogens is 2. The highest BCUT2D eigenvalue weighted by Gasteiger charge is 2.27. The average Bonchev–Trinajstić information content (AvgIpc) is 2.59. The fourth-order valence-electron chi connectivity index (χ4n) is 2.82. The standard InChI is InChI=1S/C19H19F2N3O2/c1-12-10-17(25)24(23-18(12)14-4-6-15(22)7-5-14)11-13-2-8-16(9-3-13)26-19(20)21/h2-9,12,19H,10-11,22H2,1H3. The van der Waals surface area contributed by atoms with E-state index in [9.17, 15) is 13.6 Å². The fraction of sp³-hybridized carbons (Fsp3) is 0.263. The van der Waals surface area contributed by atoms with Crippen LogP contribution in [0.15, 0.2) is 53.6 Å². The molecule has 7 heteroatoms. The Hall–Kier alpha value is -2.96. The maximum absolute atomic E-state index is 12.3. The predicted molar refractivity (Wildman–Crippen MR) is 94.8 cm³/mol. The Kier molecular flexibility index (Phi) is 5.16. The van der Waals surface area contributed by atoms with E-state index in [-0.39, 0.29) is 24.1 Å². The monoisotopic (exact) mass is 359 g/mol. The maximum Gasteiger partial charge on any atom is 0.387 e. The molecule has 136 valence electrons. The number of nitrogen functional groups attached to an aromatic ring is 1. The van der Waals surface area contributed by atoms with E-state index in [4.69, 9.17) is 5.73 Å². The second-order valence-corrected chi connectivity index (χ2v) is 6.19. The lowest BCUT2D eigenvalue weighted by molar-refractivity contribution is -0.133. The van der Waals surface area contributed by atoms with E-state index >= 15 is 0 Å². The third-order valence-electron chi connectivity index (χ3n) is 4.15. The van der Waals surface area contributed by atoms with Crippen molar-refractivity contribution in [3.8, 4) is 5.75 Å². The van der Waals surface area contributed by atoms with Gasteiger partial charge in [0.15, 0.2) is 0 Å². The number of hydrazone groups is 1. The smallest absolute Gasteiger partial charge is 0.387 e. The summed E-state index contributed by atoms with van der Waals surface area (Å²) in [6, 6.07) is 13.5. The number of ether oxygens (including phenoxy) is 1. The van der Waals surface area contributed by atoms with Gasteiger partial charge in [-0.3, -0.25) is 4.79 Å². The molecular weight excluding hydrogens is 340 g/mol. The number of benzene rings is 2. The van der Waals surface area contributed by atoms with Crippen molar-refractivity contribution >= 4 is 17.3 Å². The molecule has 1 heterocycles. The third kappa shape index (κ3) is 4.17. The van der Waals surface area contributed by atoms with E-state index < -0.39 is 6.61 Å². The summed E-state index contributed by atoms with van der Waals surface area (Å²) < 4.78 is 28.7. The van der Waals surface area contributed by atoms with Gasteiger partial charge in [0.1, 0.15) is 5.75 Å². The molecular formula is C19H19F2N3O2. The van der Waals surface area contributed by atoms with Crippen LogP contribution in [0.1, 0.15) is 24.5 Å². The van der Waals surface area contributed by atoms with Crippen molar-refractivity contribution in [2.45, 2.75) is 26.5 Å². The van der Waals surface area contributed by atoms with Gasteiger partial charge >= 0.3 is 6.61 Å². The Morgan fingerprint density at radius 3 is 2.46 bits per heavy atom. The van der Waals surface area contributed by atoms with Crippen LogP contribution >= 0.6 is 0 Å². The highest BCUT2D eigenvalue weighted by Crippen LogP contribution is 2.23. The van der Waals surface area contributed by atoms with Crippen LogP contribution in [-0.4, -0.2) is 23.2 Å². The van der Waals surface area contributed by atoms with Gasteiger partial charge in [-0.25, -0.2) is 5.01 Å². The molecule has 2 aromatic carbocycles. The van der Waals surface area contributed by atoms with Gasteiger partial charge < -0.3 is 10.5 Å². The van der Waals surface area contributed by atoms with Crippen LogP contribution in [0.3, 0.4) is 0 Å². The number of carbonyl (C=O) groups excluding carboxylic acids is 1. The van der Waals surface area contributed by atoms with Gasteiger partial charge in [-0.05, 0) is 35.4 Å². The molecule has 1 aliphatic rings. The molecule has 1 unspecified atom stereocenters. The van der Waals surface area contributed by atoms with Crippen LogP contribution in [0.4, 0.5) is 14.5 Å². The second kappa shape index (κ2) is 7.51. The van der Waals surface area contributed by atoms with E-state index in [2.05, 4.69) is 9.84 Å². The zero-order chi connectivity index (χ0) is 18.7. The average molecular weight is 359 g/mol. The second-order valence-electron chi connectivity index (χ2n) is 6.19. The maximum atomic E-state index is 12.3. The van der Waals surface area contributed by atoms with Crippen molar-refractivity contribution in [3.05, 3.63) is 59.7 Å². The van der Waals surface area contributed by atoms with E-state index in [0.29, 0.717) is 12.1 Å². The number of anilines is 1. The van der Waals surface area contributed by atoms with Gasteiger partial charge in [0.25, 0.3) is 0 Å². The fourth-order valence-corrected chi connectivity index (χ4v) is 2.82. The molecule has 0 aliphatic carbocycles. The minimum atomic E-state index is -2.86. The first-order valence-corrected chi connectivity index (χ1v) is 8.21. The molecule has 1 amide bonds. The first kappa shape index (κ1) is 17.8. The molecule has 0 radical (unpaired) electrons. The summed E-state index contributed by atoms with van der Waals surface area (Å²) in [6.45, 7) is -0.641. The molecule has 0 bridgehead atoms. The summed E-state index contributed by atoms with van der Waals surface area (Å²) >= 11 is 0. The van der Waals surface area contributed by atoms with Crippen molar-refractivity contribution in [1.29, 1.82) is 0 Å². The Balaban J connectivity index is 1.79. The Labute approximate surface area is 150 Å². The minimum Gasteiger partial charge on any atom is -0.435 e. The van der Waals surface area contributed by atoms with Gasteiger partial charge in [-0.1, -0.05) is 31.2 Å². The number of hydrogen-bond acceptors (Lipinski definition) is 4. The molecule has 0 saturated carbocycles. The molecule has 0 aromatic heterocycles. The first-order chi connectivity index (χ1) is 12.4. The molecule has 3 rings (SSSR count). The van der Waals surface area contributed by atoms with Crippen LogP contribution in [0.25, 0.3) is 0 Å². The number of nitrogens with zero attached hydrogens (tertiary/aromatic N) is 2. The quantitative estimate of drug-likeness (QED) is 0.829. The highest BCUT2D eigenvalue weighted by molar-refractivity contribution is 6.05. The van der Waals surface area contributed by atoms with Gasteiger partial charge in [0.2, 0.25) is 5.91 Å². The van der Waals surface area contributed by atoms with E-state index in [0.717, 1.165) is 16.8 Å². The van der Waals surface area contributed by atoms with Crippen molar-refractivity contribution in [3.63, 3.8) is 0 Å². The molecule has 0 fully saturated rings. The summed E-state index contributed by atoms with van der Waals surface area (Å²) in [4.78, 5) is 12.3. The van der Waals surface area contributed by atoms with Crippen LogP contribution in [-0.2, 0) is 11.3 Å². The number of hydrogen-bond donors (Lipinski definition) is 1.